The summed E-state index contributed by atoms with van der Waals surface area (Å²) in [5.41, 5.74) is 5.75. The number of anilines is 1. The number of fused-ring (bicyclic) bond motifs is 1. The van der Waals surface area contributed by atoms with Gasteiger partial charge in [-0.3, -0.25) is 19.0 Å². The van der Waals surface area contributed by atoms with Crippen molar-refractivity contribution in [1.29, 1.82) is 0 Å². The Morgan fingerprint density at radius 3 is 2.41 bits per heavy atom. The Kier molecular flexibility index (Phi) is 5.59. The van der Waals surface area contributed by atoms with Gasteiger partial charge in [-0.2, -0.15) is 14.4 Å². The van der Waals surface area contributed by atoms with Crippen molar-refractivity contribution in [2.45, 2.75) is 45.3 Å². The van der Waals surface area contributed by atoms with E-state index >= 15 is 0 Å². The zero-order chi connectivity index (χ0) is 21.3. The lowest BCUT2D eigenvalue weighted by Gasteiger charge is -2.23. The molecule has 1 aliphatic rings. The van der Waals surface area contributed by atoms with Crippen molar-refractivity contribution in [3.8, 4) is 0 Å². The molecule has 0 aromatic carbocycles. The number of halogens is 1. The third kappa shape index (κ3) is 4.23. The van der Waals surface area contributed by atoms with Gasteiger partial charge in [0.05, 0.1) is 6.33 Å². The van der Waals surface area contributed by atoms with Crippen LogP contribution in [0.2, 0.25) is 0 Å². The summed E-state index contributed by atoms with van der Waals surface area (Å²) in [5, 5.41) is 0. The van der Waals surface area contributed by atoms with Gasteiger partial charge >= 0.3 is 24.0 Å². The molecule has 0 unspecified atom stereocenters. The normalized spacial score (nSPS) is 23.7. The van der Waals surface area contributed by atoms with Gasteiger partial charge in [0.25, 0.3) is 0 Å². The first kappa shape index (κ1) is 20.4. The number of hydrogen-bond acceptors (Lipinski definition) is 11. The number of ether oxygens (including phenoxy) is 4. The molecule has 29 heavy (non-hydrogen) atoms. The maximum absolute atomic E-state index is 13.7. The highest BCUT2D eigenvalue weighted by Gasteiger charge is 2.51. The van der Waals surface area contributed by atoms with Crippen LogP contribution in [-0.4, -0.2) is 62.3 Å². The summed E-state index contributed by atoms with van der Waals surface area (Å²) in [7, 11) is 0. The largest absolute Gasteiger partial charge is 0.463 e. The lowest BCUT2D eigenvalue weighted by atomic mass is 10.1. The summed E-state index contributed by atoms with van der Waals surface area (Å²) < 4.78 is 36.3. The molecule has 0 saturated carbocycles. The number of nitrogen functional groups attached to an aromatic ring is 1. The van der Waals surface area contributed by atoms with Crippen molar-refractivity contribution >= 4 is 34.9 Å². The molecule has 1 saturated heterocycles. The van der Waals surface area contributed by atoms with Gasteiger partial charge in [0.2, 0.25) is 0 Å². The Morgan fingerprint density at radius 2 is 1.79 bits per heavy atom. The molecule has 12 nitrogen and oxygen atoms in total. The van der Waals surface area contributed by atoms with Crippen LogP contribution in [0.1, 0.15) is 27.0 Å². The Bertz CT molecular complexity index is 965. The highest BCUT2D eigenvalue weighted by Crippen LogP contribution is 2.36. The fourth-order valence-corrected chi connectivity index (χ4v) is 3.01. The number of imidazole rings is 1. The molecule has 0 spiro atoms. The first-order valence-corrected chi connectivity index (χ1v) is 8.46. The molecule has 4 atom stereocenters. The predicted molar refractivity (Wildman–Crippen MR) is 91.3 cm³/mol. The lowest BCUT2D eigenvalue weighted by molar-refractivity contribution is -0.166. The molecule has 1 aliphatic heterocycles. The van der Waals surface area contributed by atoms with E-state index in [1.165, 1.54) is 17.8 Å². The number of nitrogens with zero attached hydrogens (tertiary/aromatic N) is 4. The molecule has 2 aromatic heterocycles. The van der Waals surface area contributed by atoms with Crippen molar-refractivity contribution < 1.29 is 37.7 Å². The van der Waals surface area contributed by atoms with Crippen LogP contribution in [0.3, 0.4) is 0 Å². The van der Waals surface area contributed by atoms with Crippen molar-refractivity contribution in [1.82, 2.24) is 19.5 Å². The SMILES string of the molecule is CC(=O)OC[C@H]1O[C@@H](n2cnc3c(N)nc(F)nc32)[C@H](OC(C)=O)[C@H]1OC(C)=O. The van der Waals surface area contributed by atoms with Gasteiger partial charge in [0.15, 0.2) is 35.4 Å². The zero-order valence-electron chi connectivity index (χ0n) is 15.7. The van der Waals surface area contributed by atoms with Crippen LogP contribution in [0, 0.1) is 6.08 Å². The predicted octanol–water partition coefficient (Wildman–Crippen LogP) is -0.128. The summed E-state index contributed by atoms with van der Waals surface area (Å²) in [4.78, 5) is 45.5. The molecule has 1 fully saturated rings. The minimum absolute atomic E-state index is 0.0214. The summed E-state index contributed by atoms with van der Waals surface area (Å²) in [6, 6.07) is 0. The van der Waals surface area contributed by atoms with E-state index in [2.05, 4.69) is 15.0 Å². The molecule has 3 heterocycles. The molecule has 0 radical (unpaired) electrons. The fraction of sp³-hybridized carbons (Fsp3) is 0.500. The molecule has 13 heteroatoms. The lowest BCUT2D eigenvalue weighted by Crippen LogP contribution is -2.40. The zero-order valence-corrected chi connectivity index (χ0v) is 15.7. The number of carbonyl (C=O) groups excluding carboxylic acids is 3. The Balaban J connectivity index is 2.04. The van der Waals surface area contributed by atoms with E-state index in [0.717, 1.165) is 13.8 Å². The molecular formula is C16H18FN5O7. The fourth-order valence-electron chi connectivity index (χ4n) is 3.01. The summed E-state index contributed by atoms with van der Waals surface area (Å²) in [6.07, 6.45) is -4.21. The molecule has 0 aliphatic carbocycles. The summed E-state index contributed by atoms with van der Waals surface area (Å²) in [6.45, 7) is 3.24. The second-order valence-corrected chi connectivity index (χ2v) is 6.22. The van der Waals surface area contributed by atoms with Crippen LogP contribution in [0.25, 0.3) is 11.2 Å². The van der Waals surface area contributed by atoms with Crippen LogP contribution >= 0.6 is 0 Å². The highest BCUT2D eigenvalue weighted by molar-refractivity contribution is 5.81. The molecular weight excluding hydrogens is 393 g/mol. The third-order valence-electron chi connectivity index (χ3n) is 4.04. The molecule has 0 amide bonds. The van der Waals surface area contributed by atoms with E-state index in [-0.39, 0.29) is 23.6 Å². The van der Waals surface area contributed by atoms with Gasteiger partial charge in [-0.25, -0.2) is 4.98 Å². The van der Waals surface area contributed by atoms with E-state index in [4.69, 9.17) is 24.7 Å². The van der Waals surface area contributed by atoms with E-state index < -0.39 is 48.5 Å². The van der Waals surface area contributed by atoms with Crippen molar-refractivity contribution in [3.05, 3.63) is 12.4 Å². The average molecular weight is 411 g/mol. The first-order chi connectivity index (χ1) is 13.7. The number of aromatic nitrogens is 4. The molecule has 0 bridgehead atoms. The number of hydrogen-bond donors (Lipinski definition) is 1. The van der Waals surface area contributed by atoms with Crippen LogP contribution in [0.5, 0.6) is 0 Å². The second-order valence-electron chi connectivity index (χ2n) is 6.22. The van der Waals surface area contributed by atoms with Crippen molar-refractivity contribution in [3.63, 3.8) is 0 Å². The number of nitrogens with two attached hydrogens (primary N) is 1. The van der Waals surface area contributed by atoms with Gasteiger partial charge in [0.1, 0.15) is 12.7 Å². The van der Waals surface area contributed by atoms with E-state index in [9.17, 15) is 18.8 Å². The second kappa shape index (κ2) is 7.95. The quantitative estimate of drug-likeness (QED) is 0.397. The highest BCUT2D eigenvalue weighted by atomic mass is 19.1. The summed E-state index contributed by atoms with van der Waals surface area (Å²) >= 11 is 0. The van der Waals surface area contributed by atoms with E-state index in [0.29, 0.717) is 0 Å². The Hall–Kier alpha value is -3.35. The van der Waals surface area contributed by atoms with Crippen LogP contribution < -0.4 is 5.73 Å². The maximum atomic E-state index is 13.7. The smallest absolute Gasteiger partial charge is 0.312 e. The van der Waals surface area contributed by atoms with Gasteiger partial charge in [0, 0.05) is 20.8 Å². The third-order valence-corrected chi connectivity index (χ3v) is 4.04. The topological polar surface area (TPSA) is 158 Å². The standard InChI is InChI=1S/C16H18FN5O7/c1-6(23)26-4-9-11(27-7(2)24)12(28-8(3)25)15(29-9)22-5-19-10-13(18)20-16(17)21-14(10)22/h5,9,11-12,15H,4H2,1-3H3,(H2,18,20,21)/t9-,11+,12-,15-/m1/s1. The average Bonchev–Trinajstić information content (AvgIpc) is 3.15. The number of carbonyl (C=O) groups is 3. The van der Waals surface area contributed by atoms with E-state index in [1.54, 1.807) is 0 Å². The number of esters is 3. The van der Waals surface area contributed by atoms with Crippen LogP contribution in [0.15, 0.2) is 6.33 Å². The van der Waals surface area contributed by atoms with Gasteiger partial charge in [-0.15, -0.1) is 0 Å². The number of rotatable bonds is 5. The van der Waals surface area contributed by atoms with Crippen molar-refractivity contribution in [2.24, 2.45) is 0 Å². The summed E-state index contributed by atoms with van der Waals surface area (Å²) in [5.74, 6) is -2.13. The van der Waals surface area contributed by atoms with E-state index in [1.807, 2.05) is 0 Å². The minimum Gasteiger partial charge on any atom is -0.463 e. The van der Waals surface area contributed by atoms with Gasteiger partial charge in [-0.1, -0.05) is 0 Å². The Morgan fingerprint density at radius 1 is 1.14 bits per heavy atom. The van der Waals surface area contributed by atoms with Gasteiger partial charge < -0.3 is 24.7 Å². The minimum atomic E-state index is -1.16. The van der Waals surface area contributed by atoms with Crippen molar-refractivity contribution in [2.75, 3.05) is 12.3 Å². The molecule has 3 rings (SSSR count). The molecule has 2 N–H and O–H groups in total. The molecule has 156 valence electrons. The maximum Gasteiger partial charge on any atom is 0.312 e. The van der Waals surface area contributed by atoms with Crippen LogP contribution in [0.4, 0.5) is 10.2 Å². The van der Waals surface area contributed by atoms with Gasteiger partial charge in [-0.05, 0) is 0 Å². The monoisotopic (exact) mass is 411 g/mol. The Labute approximate surface area is 163 Å². The first-order valence-electron chi connectivity index (χ1n) is 8.46. The van der Waals surface area contributed by atoms with Crippen LogP contribution in [-0.2, 0) is 33.3 Å². The molecule has 2 aromatic rings.